The second-order valence-electron chi connectivity index (χ2n) is 5.98. The van der Waals surface area contributed by atoms with Crippen molar-refractivity contribution in [2.45, 2.75) is 32.4 Å². The average molecular weight is 320 g/mol. The fourth-order valence-electron chi connectivity index (χ4n) is 3.69. The fourth-order valence-corrected chi connectivity index (χ4v) is 3.69. The Labute approximate surface area is 134 Å². The molecule has 0 radical (unpaired) electrons. The summed E-state index contributed by atoms with van der Waals surface area (Å²) in [5.74, 6) is -2.05. The minimum Gasteiger partial charge on any atom is -0.468 e. The van der Waals surface area contributed by atoms with Gasteiger partial charge >= 0.3 is 5.97 Å². The van der Waals surface area contributed by atoms with Gasteiger partial charge < -0.3 is 9.15 Å². The number of furan rings is 1. The van der Waals surface area contributed by atoms with Crippen LogP contribution in [-0.2, 0) is 19.1 Å². The van der Waals surface area contributed by atoms with Crippen LogP contribution in [0.1, 0.15) is 32.6 Å². The van der Waals surface area contributed by atoms with Crippen molar-refractivity contribution in [1.82, 2.24) is 10.2 Å². The number of likely N-dealkylation sites (tertiary alicyclic amines) is 1. The lowest BCUT2D eigenvalue weighted by atomic mass is 9.81. The van der Waals surface area contributed by atoms with Gasteiger partial charge in [0.1, 0.15) is 11.3 Å². The first-order valence-electron chi connectivity index (χ1n) is 7.79. The van der Waals surface area contributed by atoms with Gasteiger partial charge in [0.2, 0.25) is 11.8 Å². The van der Waals surface area contributed by atoms with E-state index in [1.54, 1.807) is 32.9 Å². The topological polar surface area (TPSA) is 88.8 Å². The number of amides is 2. The molecular formula is C16H20N2O5. The molecule has 0 saturated carbocycles. The Bertz CT molecular complexity index is 641. The second-order valence-corrected chi connectivity index (χ2v) is 5.98. The van der Waals surface area contributed by atoms with Crippen LogP contribution in [0.2, 0.25) is 0 Å². The third-order valence-electron chi connectivity index (χ3n) is 4.74. The smallest absolute Gasteiger partial charge is 0.326 e. The van der Waals surface area contributed by atoms with Crippen molar-refractivity contribution in [3.63, 3.8) is 0 Å². The van der Waals surface area contributed by atoms with Crippen molar-refractivity contribution in [2.75, 3.05) is 13.2 Å². The molecule has 2 saturated heterocycles. The standard InChI is InChI=1S/C16H20N2O5/c1-4-18-13(19)10-11(14(18)20)16(3,15(21)22-5-2)17-12(10)9-7-6-8-23-9/h6-8,10-12,17H,4-5H2,1-3H3/t10-,11+,12-,16+/m0/s1. The molecule has 1 N–H and O–H groups in total. The molecule has 0 unspecified atom stereocenters. The van der Waals surface area contributed by atoms with Crippen molar-refractivity contribution in [3.8, 4) is 0 Å². The van der Waals surface area contributed by atoms with Crippen molar-refractivity contribution in [1.29, 1.82) is 0 Å². The predicted octanol–water partition coefficient (Wildman–Crippen LogP) is 0.867. The summed E-state index contributed by atoms with van der Waals surface area (Å²) < 4.78 is 10.6. The maximum absolute atomic E-state index is 12.7. The molecule has 124 valence electrons. The molecule has 0 bridgehead atoms. The molecule has 2 fully saturated rings. The van der Waals surface area contributed by atoms with Crippen LogP contribution in [0.5, 0.6) is 0 Å². The van der Waals surface area contributed by atoms with E-state index in [1.807, 2.05) is 0 Å². The second kappa shape index (κ2) is 5.49. The van der Waals surface area contributed by atoms with Gasteiger partial charge in [0, 0.05) is 6.54 Å². The third-order valence-corrected chi connectivity index (χ3v) is 4.74. The first-order chi connectivity index (χ1) is 11.0. The van der Waals surface area contributed by atoms with E-state index in [4.69, 9.17) is 9.15 Å². The van der Waals surface area contributed by atoms with Gasteiger partial charge in [0.05, 0.1) is 30.7 Å². The number of hydrogen-bond acceptors (Lipinski definition) is 6. The molecule has 3 heterocycles. The Hall–Kier alpha value is -2.15. The molecule has 0 spiro atoms. The SMILES string of the molecule is CCOC(=O)[C@]1(C)N[C@@H](c2ccco2)[C@H]2C(=O)N(CC)C(=O)[C@@H]21. The lowest BCUT2D eigenvalue weighted by Crippen LogP contribution is -2.54. The molecule has 0 aromatic carbocycles. The van der Waals surface area contributed by atoms with E-state index in [2.05, 4.69) is 5.32 Å². The van der Waals surface area contributed by atoms with Crippen LogP contribution in [0.25, 0.3) is 0 Å². The van der Waals surface area contributed by atoms with E-state index >= 15 is 0 Å². The fraction of sp³-hybridized carbons (Fsp3) is 0.562. The van der Waals surface area contributed by atoms with Crippen LogP contribution >= 0.6 is 0 Å². The predicted molar refractivity (Wildman–Crippen MR) is 79.0 cm³/mol. The number of imide groups is 1. The van der Waals surface area contributed by atoms with E-state index in [1.165, 1.54) is 11.2 Å². The summed E-state index contributed by atoms with van der Waals surface area (Å²) in [6, 6.07) is 2.92. The Morgan fingerprint density at radius 1 is 1.39 bits per heavy atom. The van der Waals surface area contributed by atoms with Gasteiger partial charge in [-0.3, -0.25) is 24.6 Å². The maximum Gasteiger partial charge on any atom is 0.326 e. The van der Waals surface area contributed by atoms with Gasteiger partial charge in [-0.05, 0) is 32.9 Å². The highest BCUT2D eigenvalue weighted by Gasteiger charge is 2.67. The summed E-state index contributed by atoms with van der Waals surface area (Å²) in [5.41, 5.74) is -1.26. The molecule has 2 amide bonds. The summed E-state index contributed by atoms with van der Waals surface area (Å²) in [7, 11) is 0. The average Bonchev–Trinajstić information content (AvgIpc) is 3.18. The van der Waals surface area contributed by atoms with Crippen LogP contribution in [0.15, 0.2) is 22.8 Å². The van der Waals surface area contributed by atoms with Crippen LogP contribution < -0.4 is 5.32 Å². The number of rotatable bonds is 4. The van der Waals surface area contributed by atoms with Crippen molar-refractivity contribution in [2.24, 2.45) is 11.8 Å². The summed E-state index contributed by atoms with van der Waals surface area (Å²) in [4.78, 5) is 39.1. The van der Waals surface area contributed by atoms with Crippen LogP contribution in [0.4, 0.5) is 0 Å². The molecule has 4 atom stereocenters. The highest BCUT2D eigenvalue weighted by atomic mass is 16.5. The Morgan fingerprint density at radius 3 is 2.70 bits per heavy atom. The number of carbonyl (C=O) groups is 3. The summed E-state index contributed by atoms with van der Waals surface area (Å²) >= 11 is 0. The van der Waals surface area contributed by atoms with Crippen LogP contribution in [0.3, 0.4) is 0 Å². The molecule has 3 rings (SSSR count). The lowest BCUT2D eigenvalue weighted by molar-refractivity contribution is -0.155. The van der Waals surface area contributed by atoms with Crippen molar-refractivity contribution >= 4 is 17.8 Å². The zero-order valence-electron chi connectivity index (χ0n) is 13.4. The largest absolute Gasteiger partial charge is 0.468 e. The summed E-state index contributed by atoms with van der Waals surface area (Å²) in [5, 5.41) is 3.13. The van der Waals surface area contributed by atoms with Gasteiger partial charge in [-0.15, -0.1) is 0 Å². The number of esters is 1. The van der Waals surface area contributed by atoms with Gasteiger partial charge in [-0.1, -0.05) is 0 Å². The molecule has 7 nitrogen and oxygen atoms in total. The number of ether oxygens (including phenoxy) is 1. The van der Waals surface area contributed by atoms with E-state index in [0.717, 1.165) is 0 Å². The summed E-state index contributed by atoms with van der Waals surface area (Å²) in [6.07, 6.45) is 1.50. The molecule has 23 heavy (non-hydrogen) atoms. The van der Waals surface area contributed by atoms with E-state index in [9.17, 15) is 14.4 Å². The minimum absolute atomic E-state index is 0.207. The first kappa shape index (κ1) is 15.7. The Balaban J connectivity index is 2.06. The molecule has 7 heteroatoms. The summed E-state index contributed by atoms with van der Waals surface area (Å²) in [6.45, 7) is 5.56. The molecule has 1 aromatic heterocycles. The highest BCUT2D eigenvalue weighted by molar-refractivity contribution is 6.09. The van der Waals surface area contributed by atoms with Gasteiger partial charge in [0.15, 0.2) is 0 Å². The minimum atomic E-state index is -1.26. The Morgan fingerprint density at radius 2 is 2.13 bits per heavy atom. The molecule has 2 aliphatic heterocycles. The number of fused-ring (bicyclic) bond motifs is 1. The maximum atomic E-state index is 12.7. The monoisotopic (exact) mass is 320 g/mol. The number of carbonyl (C=O) groups excluding carboxylic acids is 3. The van der Waals surface area contributed by atoms with Gasteiger partial charge in [0.25, 0.3) is 0 Å². The van der Waals surface area contributed by atoms with Crippen molar-refractivity contribution in [3.05, 3.63) is 24.2 Å². The highest BCUT2D eigenvalue weighted by Crippen LogP contribution is 2.48. The van der Waals surface area contributed by atoms with E-state index < -0.39 is 29.4 Å². The first-order valence-corrected chi connectivity index (χ1v) is 7.79. The molecule has 2 aliphatic rings. The number of nitrogens with one attached hydrogen (secondary N) is 1. The third kappa shape index (κ3) is 2.10. The van der Waals surface area contributed by atoms with Crippen LogP contribution in [-0.4, -0.2) is 41.4 Å². The zero-order valence-corrected chi connectivity index (χ0v) is 13.4. The lowest BCUT2D eigenvalue weighted by Gasteiger charge is -2.28. The van der Waals surface area contributed by atoms with Crippen LogP contribution in [0, 0.1) is 11.8 Å². The molecule has 1 aromatic rings. The Kier molecular flexibility index (Phi) is 3.75. The normalized spacial score (nSPS) is 33.2. The van der Waals surface area contributed by atoms with E-state index in [0.29, 0.717) is 5.76 Å². The van der Waals surface area contributed by atoms with Gasteiger partial charge in [-0.25, -0.2) is 0 Å². The van der Waals surface area contributed by atoms with Gasteiger partial charge in [-0.2, -0.15) is 0 Å². The molecule has 0 aliphatic carbocycles. The van der Waals surface area contributed by atoms with Crippen molar-refractivity contribution < 1.29 is 23.5 Å². The molecular weight excluding hydrogens is 300 g/mol. The number of hydrogen-bond donors (Lipinski definition) is 1. The zero-order chi connectivity index (χ0) is 16.8. The quantitative estimate of drug-likeness (QED) is 0.654. The van der Waals surface area contributed by atoms with E-state index in [-0.39, 0.29) is 25.0 Å². The number of nitrogens with zero attached hydrogens (tertiary/aromatic N) is 1.